The summed E-state index contributed by atoms with van der Waals surface area (Å²) in [7, 11) is 1.63. The van der Waals surface area contributed by atoms with Crippen molar-refractivity contribution in [2.75, 3.05) is 13.7 Å². The lowest BCUT2D eigenvalue weighted by molar-refractivity contribution is -0.118. The number of ether oxygens (including phenoxy) is 1. The number of hydrogen-bond donors (Lipinski definition) is 2. The van der Waals surface area contributed by atoms with Crippen LogP contribution in [0.2, 0.25) is 0 Å². The largest absolute Gasteiger partial charge is 0.497 e. The molecule has 2 aromatic rings. The fourth-order valence-corrected chi connectivity index (χ4v) is 3.08. The molecular formula is C19H21NO4. The Morgan fingerprint density at radius 1 is 1.46 bits per heavy atom. The minimum Gasteiger partial charge on any atom is -0.497 e. The van der Waals surface area contributed by atoms with Gasteiger partial charge in [0.2, 0.25) is 5.91 Å². The summed E-state index contributed by atoms with van der Waals surface area (Å²) in [6.45, 7) is 0.174. The van der Waals surface area contributed by atoms with Gasteiger partial charge in [0.05, 0.1) is 19.9 Å². The average Bonchev–Trinajstić information content (AvgIpc) is 3.11. The summed E-state index contributed by atoms with van der Waals surface area (Å²) in [5.74, 6) is 1.13. The molecule has 0 aliphatic heterocycles. The van der Waals surface area contributed by atoms with E-state index >= 15 is 0 Å². The fraction of sp³-hybridized carbons (Fsp3) is 0.316. The van der Waals surface area contributed by atoms with E-state index < -0.39 is 5.60 Å². The summed E-state index contributed by atoms with van der Waals surface area (Å²) in [5, 5.41) is 13.8. The van der Waals surface area contributed by atoms with Gasteiger partial charge < -0.3 is 19.6 Å². The van der Waals surface area contributed by atoms with E-state index in [0.29, 0.717) is 12.2 Å². The van der Waals surface area contributed by atoms with Gasteiger partial charge in [-0.2, -0.15) is 0 Å². The molecule has 3 rings (SSSR count). The number of carbonyl (C=O) groups excluding carboxylic acids is 1. The Balaban J connectivity index is 1.68. The SMILES string of the molecule is COc1ccc2c(c1)CCC[C@@]2(O)CNC(=O)/C=C/c1ccco1. The highest BCUT2D eigenvalue weighted by Crippen LogP contribution is 2.36. The molecule has 0 saturated carbocycles. The molecule has 1 aromatic heterocycles. The van der Waals surface area contributed by atoms with Crippen LogP contribution in [0.4, 0.5) is 0 Å². The van der Waals surface area contributed by atoms with E-state index in [0.717, 1.165) is 29.7 Å². The molecule has 0 fully saturated rings. The first-order valence-electron chi connectivity index (χ1n) is 8.00. The van der Waals surface area contributed by atoms with Crippen LogP contribution in [0.25, 0.3) is 6.08 Å². The van der Waals surface area contributed by atoms with Crippen molar-refractivity contribution < 1.29 is 19.1 Å². The van der Waals surface area contributed by atoms with Gasteiger partial charge in [0.25, 0.3) is 0 Å². The van der Waals surface area contributed by atoms with Gasteiger partial charge in [-0.1, -0.05) is 6.07 Å². The first kappa shape index (κ1) is 16.3. The highest BCUT2D eigenvalue weighted by Gasteiger charge is 2.34. The monoisotopic (exact) mass is 327 g/mol. The van der Waals surface area contributed by atoms with Gasteiger partial charge in [-0.25, -0.2) is 0 Å². The van der Waals surface area contributed by atoms with Crippen LogP contribution in [-0.4, -0.2) is 24.7 Å². The van der Waals surface area contributed by atoms with E-state index in [1.54, 1.807) is 31.6 Å². The fourth-order valence-electron chi connectivity index (χ4n) is 3.08. The van der Waals surface area contributed by atoms with Gasteiger partial charge in [0.1, 0.15) is 17.1 Å². The molecule has 1 aliphatic rings. The van der Waals surface area contributed by atoms with E-state index in [9.17, 15) is 9.90 Å². The van der Waals surface area contributed by atoms with Crippen LogP contribution in [-0.2, 0) is 16.8 Å². The first-order chi connectivity index (χ1) is 11.6. The van der Waals surface area contributed by atoms with Gasteiger partial charge in [0, 0.05) is 6.08 Å². The number of amides is 1. The standard InChI is InChI=1S/C19H21NO4/c1-23-16-6-8-17-14(12-16)4-2-10-19(17,22)13-20-18(21)9-7-15-5-3-11-24-15/h3,5-9,11-12,22H,2,4,10,13H2,1H3,(H,20,21)/b9-7+/t19-/m1/s1. The number of benzene rings is 1. The molecule has 0 radical (unpaired) electrons. The predicted octanol–water partition coefficient (Wildman–Crippen LogP) is 2.64. The van der Waals surface area contributed by atoms with Crippen molar-refractivity contribution in [3.63, 3.8) is 0 Å². The second-order valence-corrected chi connectivity index (χ2v) is 5.97. The van der Waals surface area contributed by atoms with E-state index in [1.807, 2.05) is 18.2 Å². The third kappa shape index (κ3) is 3.51. The summed E-state index contributed by atoms with van der Waals surface area (Å²) >= 11 is 0. The summed E-state index contributed by atoms with van der Waals surface area (Å²) in [4.78, 5) is 12.0. The molecule has 5 heteroatoms. The van der Waals surface area contributed by atoms with Gasteiger partial charge >= 0.3 is 0 Å². The van der Waals surface area contributed by atoms with Crippen molar-refractivity contribution in [3.05, 3.63) is 59.6 Å². The molecule has 0 bridgehead atoms. The van der Waals surface area contributed by atoms with E-state index in [2.05, 4.69) is 5.32 Å². The molecule has 2 N–H and O–H groups in total. The Kier molecular flexibility index (Phi) is 4.71. The zero-order valence-electron chi connectivity index (χ0n) is 13.6. The van der Waals surface area contributed by atoms with Crippen molar-refractivity contribution in [2.45, 2.75) is 24.9 Å². The second-order valence-electron chi connectivity index (χ2n) is 5.97. The molecule has 126 valence electrons. The molecule has 0 spiro atoms. The van der Waals surface area contributed by atoms with E-state index in [4.69, 9.17) is 9.15 Å². The lowest BCUT2D eigenvalue weighted by Crippen LogP contribution is -2.42. The summed E-state index contributed by atoms with van der Waals surface area (Å²) < 4.78 is 10.4. The number of hydrogen-bond acceptors (Lipinski definition) is 4. The van der Waals surface area contributed by atoms with Crippen LogP contribution in [0.5, 0.6) is 5.75 Å². The number of rotatable bonds is 5. The highest BCUT2D eigenvalue weighted by atomic mass is 16.5. The molecular weight excluding hydrogens is 306 g/mol. The van der Waals surface area contributed by atoms with Gasteiger partial charge in [-0.05, 0) is 60.7 Å². The molecule has 1 aliphatic carbocycles. The van der Waals surface area contributed by atoms with Crippen LogP contribution in [0, 0.1) is 0 Å². The molecule has 0 saturated heterocycles. The van der Waals surface area contributed by atoms with E-state index in [-0.39, 0.29) is 12.5 Å². The van der Waals surface area contributed by atoms with Gasteiger partial charge in [0.15, 0.2) is 0 Å². The Bertz CT molecular complexity index is 736. The lowest BCUT2D eigenvalue weighted by Gasteiger charge is -2.34. The van der Waals surface area contributed by atoms with Crippen LogP contribution in [0.3, 0.4) is 0 Å². The second kappa shape index (κ2) is 6.93. The summed E-state index contributed by atoms with van der Waals surface area (Å²) in [5.41, 5.74) is 0.891. The Labute approximate surface area is 140 Å². The number of aliphatic hydroxyl groups is 1. The van der Waals surface area contributed by atoms with E-state index in [1.165, 1.54) is 6.08 Å². The zero-order chi connectivity index (χ0) is 17.0. The first-order valence-corrected chi connectivity index (χ1v) is 8.00. The van der Waals surface area contributed by atoms with Crippen molar-refractivity contribution in [1.82, 2.24) is 5.32 Å². The maximum absolute atomic E-state index is 12.0. The quantitative estimate of drug-likeness (QED) is 0.828. The number of furan rings is 1. The van der Waals surface area contributed by atoms with Crippen molar-refractivity contribution in [2.24, 2.45) is 0 Å². The topological polar surface area (TPSA) is 71.7 Å². The molecule has 24 heavy (non-hydrogen) atoms. The molecule has 0 unspecified atom stereocenters. The molecule has 5 nitrogen and oxygen atoms in total. The van der Waals surface area contributed by atoms with Crippen LogP contribution in [0.1, 0.15) is 29.7 Å². The normalized spacial score (nSPS) is 19.9. The molecule has 1 amide bonds. The van der Waals surface area contributed by atoms with Gasteiger partial charge in [-0.15, -0.1) is 0 Å². The maximum atomic E-state index is 12.0. The smallest absolute Gasteiger partial charge is 0.244 e. The average molecular weight is 327 g/mol. The number of fused-ring (bicyclic) bond motifs is 1. The van der Waals surface area contributed by atoms with Crippen molar-refractivity contribution >= 4 is 12.0 Å². The Morgan fingerprint density at radius 3 is 3.08 bits per heavy atom. The predicted molar refractivity (Wildman–Crippen MR) is 90.6 cm³/mol. The van der Waals surface area contributed by atoms with Crippen molar-refractivity contribution in [1.29, 1.82) is 0 Å². The zero-order valence-corrected chi connectivity index (χ0v) is 13.6. The van der Waals surface area contributed by atoms with Crippen molar-refractivity contribution in [3.8, 4) is 5.75 Å². The third-order valence-corrected chi connectivity index (χ3v) is 4.35. The van der Waals surface area contributed by atoms with Crippen LogP contribution < -0.4 is 10.1 Å². The summed E-state index contributed by atoms with van der Waals surface area (Å²) in [6, 6.07) is 9.21. The van der Waals surface area contributed by atoms with Crippen LogP contribution in [0.15, 0.2) is 47.1 Å². The minimum atomic E-state index is -1.05. The van der Waals surface area contributed by atoms with Crippen LogP contribution >= 0.6 is 0 Å². The molecule has 1 aromatic carbocycles. The highest BCUT2D eigenvalue weighted by molar-refractivity contribution is 5.91. The minimum absolute atomic E-state index is 0.174. The number of aryl methyl sites for hydroxylation is 1. The number of methoxy groups -OCH3 is 1. The summed E-state index contributed by atoms with van der Waals surface area (Å²) in [6.07, 6.45) is 6.94. The third-order valence-electron chi connectivity index (χ3n) is 4.35. The molecule has 1 heterocycles. The van der Waals surface area contributed by atoms with Gasteiger partial charge in [-0.3, -0.25) is 4.79 Å². The Morgan fingerprint density at radius 2 is 2.33 bits per heavy atom. The molecule has 1 atom stereocenters. The Hall–Kier alpha value is -2.53. The maximum Gasteiger partial charge on any atom is 0.244 e. The lowest BCUT2D eigenvalue weighted by atomic mass is 9.79. The number of nitrogens with one attached hydrogen (secondary N) is 1. The number of carbonyl (C=O) groups is 1.